The van der Waals surface area contributed by atoms with Crippen molar-refractivity contribution in [1.29, 1.82) is 0 Å². The van der Waals surface area contributed by atoms with Gasteiger partial charge in [-0.05, 0) is 29.8 Å². The van der Waals surface area contributed by atoms with Crippen LogP contribution in [0.3, 0.4) is 0 Å². The molecule has 6 nitrogen and oxygen atoms in total. The van der Waals surface area contributed by atoms with Crippen molar-refractivity contribution < 1.29 is 9.53 Å². The largest absolute Gasteiger partial charge is 0.490 e. The van der Waals surface area contributed by atoms with E-state index in [0.717, 1.165) is 5.56 Å². The lowest BCUT2D eigenvalue weighted by Gasteiger charge is -2.14. The van der Waals surface area contributed by atoms with E-state index in [-0.39, 0.29) is 29.9 Å². The molecule has 0 saturated carbocycles. The zero-order valence-corrected chi connectivity index (χ0v) is 20.4. The molecule has 0 spiro atoms. The van der Waals surface area contributed by atoms with Gasteiger partial charge in [-0.3, -0.25) is 9.79 Å². The zero-order chi connectivity index (χ0) is 20.5. The van der Waals surface area contributed by atoms with Crippen LogP contribution in [0.25, 0.3) is 0 Å². The van der Waals surface area contributed by atoms with Gasteiger partial charge in [-0.2, -0.15) is 0 Å². The number of guanidine groups is 1. The first kappa shape index (κ1) is 25.3. The number of aliphatic imine (C=N–C) groups is 1. The summed E-state index contributed by atoms with van der Waals surface area (Å²) < 4.78 is 5.63. The lowest BCUT2D eigenvalue weighted by molar-refractivity contribution is 0.0827. The Bertz CT molecular complexity index is 830. The molecule has 9 heteroatoms. The van der Waals surface area contributed by atoms with Crippen LogP contribution in [0.5, 0.6) is 5.75 Å². The Morgan fingerprint density at radius 3 is 2.41 bits per heavy atom. The second-order valence-electron chi connectivity index (χ2n) is 6.15. The summed E-state index contributed by atoms with van der Waals surface area (Å²) in [5, 5.41) is 7.25. The summed E-state index contributed by atoms with van der Waals surface area (Å²) in [5.74, 6) is 1.18. The van der Waals surface area contributed by atoms with Crippen LogP contribution in [0, 0.1) is 0 Å². The van der Waals surface area contributed by atoms with E-state index in [9.17, 15) is 4.79 Å². The van der Waals surface area contributed by atoms with Gasteiger partial charge in [0.1, 0.15) is 17.4 Å². The molecule has 0 radical (unpaired) electrons. The second kappa shape index (κ2) is 12.8. The van der Waals surface area contributed by atoms with Crippen molar-refractivity contribution >= 4 is 59.0 Å². The third-order valence-electron chi connectivity index (χ3n) is 3.86. The Kier molecular flexibility index (Phi) is 11.2. The van der Waals surface area contributed by atoms with Crippen molar-refractivity contribution in [3.63, 3.8) is 0 Å². The van der Waals surface area contributed by atoms with Crippen LogP contribution in [0.1, 0.15) is 15.9 Å². The van der Waals surface area contributed by atoms with E-state index in [0.29, 0.717) is 47.0 Å². The van der Waals surface area contributed by atoms with E-state index in [1.165, 1.54) is 0 Å². The highest BCUT2D eigenvalue weighted by molar-refractivity contribution is 14.0. The fourth-order valence-corrected chi connectivity index (χ4v) is 2.70. The highest BCUT2D eigenvalue weighted by atomic mass is 127. The molecular weight excluding hydrogens is 526 g/mol. The average Bonchev–Trinajstić information content (AvgIpc) is 2.70. The van der Waals surface area contributed by atoms with Crippen LogP contribution in [-0.2, 0) is 6.54 Å². The van der Waals surface area contributed by atoms with Crippen molar-refractivity contribution in [2.24, 2.45) is 4.99 Å². The standard InChI is InChI=1S/C20H24Cl2N4O2.HI/c1-23-20(24-11-12-28-17-6-4-5-16(21)18(17)22)25-13-14-7-9-15(10-8-14)19(27)26(2)3;/h4-10H,11-13H2,1-3H3,(H2,23,24,25);1H. The van der Waals surface area contributed by atoms with Crippen LogP contribution >= 0.6 is 47.2 Å². The van der Waals surface area contributed by atoms with Gasteiger partial charge in [0.05, 0.1) is 11.6 Å². The summed E-state index contributed by atoms with van der Waals surface area (Å²) in [4.78, 5) is 17.6. The molecule has 1 amide bonds. The minimum Gasteiger partial charge on any atom is -0.490 e. The van der Waals surface area contributed by atoms with Crippen molar-refractivity contribution in [3.05, 3.63) is 63.6 Å². The van der Waals surface area contributed by atoms with Crippen LogP contribution in [0.2, 0.25) is 10.0 Å². The predicted molar refractivity (Wildman–Crippen MR) is 130 cm³/mol. The number of nitrogens with one attached hydrogen (secondary N) is 2. The average molecular weight is 551 g/mol. The van der Waals surface area contributed by atoms with Crippen LogP contribution < -0.4 is 15.4 Å². The van der Waals surface area contributed by atoms with Gasteiger partial charge in [0.15, 0.2) is 5.96 Å². The maximum atomic E-state index is 11.9. The molecule has 0 aliphatic heterocycles. The van der Waals surface area contributed by atoms with Gasteiger partial charge >= 0.3 is 0 Å². The molecule has 2 rings (SSSR count). The molecule has 2 aromatic rings. The Morgan fingerprint density at radius 2 is 1.79 bits per heavy atom. The number of nitrogens with zero attached hydrogens (tertiary/aromatic N) is 2. The summed E-state index contributed by atoms with van der Waals surface area (Å²) in [6.07, 6.45) is 0. The van der Waals surface area contributed by atoms with Gasteiger partial charge in [0.25, 0.3) is 5.91 Å². The molecular formula is C20H25Cl2IN4O2. The Hall–Kier alpha value is -1.71. The van der Waals surface area contributed by atoms with E-state index in [2.05, 4.69) is 15.6 Å². The van der Waals surface area contributed by atoms with Gasteiger partial charge in [-0.1, -0.05) is 41.4 Å². The van der Waals surface area contributed by atoms with Gasteiger partial charge in [-0.15, -0.1) is 24.0 Å². The van der Waals surface area contributed by atoms with Gasteiger partial charge in [0, 0.05) is 33.3 Å². The Balaban J connectivity index is 0.00000420. The third-order valence-corrected chi connectivity index (χ3v) is 4.66. The highest BCUT2D eigenvalue weighted by Gasteiger charge is 2.08. The van der Waals surface area contributed by atoms with Gasteiger partial charge < -0.3 is 20.3 Å². The fraction of sp³-hybridized carbons (Fsp3) is 0.300. The zero-order valence-electron chi connectivity index (χ0n) is 16.5. The summed E-state index contributed by atoms with van der Waals surface area (Å²) >= 11 is 12.1. The Labute approximate surface area is 198 Å². The van der Waals surface area contributed by atoms with Gasteiger partial charge in [-0.25, -0.2) is 0 Å². The van der Waals surface area contributed by atoms with Crippen molar-refractivity contribution in [3.8, 4) is 5.75 Å². The lowest BCUT2D eigenvalue weighted by Crippen LogP contribution is -2.38. The SMILES string of the molecule is CN=C(NCCOc1cccc(Cl)c1Cl)NCc1ccc(C(=O)N(C)C)cc1.I. The molecule has 0 aliphatic carbocycles. The van der Waals surface area contributed by atoms with E-state index < -0.39 is 0 Å². The predicted octanol–water partition coefficient (Wildman–Crippen LogP) is 4.06. The van der Waals surface area contributed by atoms with Crippen LogP contribution in [-0.4, -0.2) is 51.1 Å². The van der Waals surface area contributed by atoms with Crippen molar-refractivity contribution in [2.45, 2.75) is 6.54 Å². The molecule has 0 fully saturated rings. The minimum atomic E-state index is -0.0169. The molecule has 0 saturated heterocycles. The summed E-state index contributed by atoms with van der Waals surface area (Å²) in [6, 6.07) is 12.7. The molecule has 2 aromatic carbocycles. The van der Waals surface area contributed by atoms with Crippen molar-refractivity contribution in [2.75, 3.05) is 34.3 Å². The van der Waals surface area contributed by atoms with E-state index >= 15 is 0 Å². The summed E-state index contributed by atoms with van der Waals surface area (Å²) in [5.41, 5.74) is 1.70. The summed E-state index contributed by atoms with van der Waals surface area (Å²) in [6.45, 7) is 1.53. The maximum absolute atomic E-state index is 11.9. The maximum Gasteiger partial charge on any atom is 0.253 e. The Morgan fingerprint density at radius 1 is 1.10 bits per heavy atom. The fourth-order valence-electron chi connectivity index (χ4n) is 2.36. The second-order valence-corrected chi connectivity index (χ2v) is 6.93. The smallest absolute Gasteiger partial charge is 0.253 e. The van der Waals surface area contributed by atoms with E-state index in [4.69, 9.17) is 27.9 Å². The quantitative estimate of drug-likeness (QED) is 0.236. The van der Waals surface area contributed by atoms with Crippen LogP contribution in [0.15, 0.2) is 47.5 Å². The van der Waals surface area contributed by atoms with E-state index in [1.54, 1.807) is 44.2 Å². The van der Waals surface area contributed by atoms with Gasteiger partial charge in [0.2, 0.25) is 0 Å². The van der Waals surface area contributed by atoms with Crippen LogP contribution in [0.4, 0.5) is 0 Å². The lowest BCUT2D eigenvalue weighted by atomic mass is 10.1. The topological polar surface area (TPSA) is 66.0 Å². The number of carbonyl (C=O) groups is 1. The number of amides is 1. The van der Waals surface area contributed by atoms with Crippen molar-refractivity contribution in [1.82, 2.24) is 15.5 Å². The minimum absolute atomic E-state index is 0. The molecule has 29 heavy (non-hydrogen) atoms. The highest BCUT2D eigenvalue weighted by Crippen LogP contribution is 2.31. The summed E-state index contributed by atoms with van der Waals surface area (Å²) in [7, 11) is 5.16. The number of ether oxygens (including phenoxy) is 1. The number of carbonyl (C=O) groups excluding carboxylic acids is 1. The molecule has 158 valence electrons. The first-order chi connectivity index (χ1) is 13.4. The monoisotopic (exact) mass is 550 g/mol. The molecule has 0 unspecified atom stereocenters. The molecule has 0 aliphatic rings. The number of rotatable bonds is 7. The third kappa shape index (κ3) is 7.91. The number of halogens is 3. The molecule has 0 atom stereocenters. The normalized spacial score (nSPS) is 10.7. The molecule has 0 bridgehead atoms. The molecule has 0 aromatic heterocycles. The first-order valence-electron chi connectivity index (χ1n) is 8.74. The number of hydrogen-bond donors (Lipinski definition) is 2. The number of benzene rings is 2. The number of hydrogen-bond acceptors (Lipinski definition) is 3. The first-order valence-corrected chi connectivity index (χ1v) is 9.50. The van der Waals surface area contributed by atoms with E-state index in [1.807, 2.05) is 24.3 Å². The molecule has 0 heterocycles. The molecule has 2 N–H and O–H groups in total.